The molecule has 2 amide bonds. The summed E-state index contributed by atoms with van der Waals surface area (Å²) >= 11 is 0. The van der Waals surface area contributed by atoms with Crippen LogP contribution < -0.4 is 10.9 Å². The Balaban J connectivity index is 1.73. The topological polar surface area (TPSA) is 128 Å². The average Bonchev–Trinajstić information content (AvgIpc) is 3.27. The highest BCUT2D eigenvalue weighted by molar-refractivity contribution is 5.95. The van der Waals surface area contributed by atoms with E-state index in [1.54, 1.807) is 0 Å². The second-order valence-corrected chi connectivity index (χ2v) is 5.23. The van der Waals surface area contributed by atoms with Gasteiger partial charge in [-0.25, -0.2) is 0 Å². The zero-order valence-corrected chi connectivity index (χ0v) is 12.3. The van der Waals surface area contributed by atoms with E-state index in [-0.39, 0.29) is 23.1 Å². The summed E-state index contributed by atoms with van der Waals surface area (Å²) < 4.78 is 4.80. The fourth-order valence-electron chi connectivity index (χ4n) is 1.86. The maximum atomic E-state index is 11.7. The molecule has 2 N–H and O–H groups in total. The van der Waals surface area contributed by atoms with E-state index in [4.69, 9.17) is 4.74 Å². The number of esters is 1. The van der Waals surface area contributed by atoms with E-state index in [9.17, 15) is 24.5 Å². The molecule has 23 heavy (non-hydrogen) atoms. The van der Waals surface area contributed by atoms with Gasteiger partial charge in [0.25, 0.3) is 17.5 Å². The lowest BCUT2D eigenvalue weighted by atomic mass is 10.2. The first-order valence-corrected chi connectivity index (χ1v) is 6.88. The van der Waals surface area contributed by atoms with Crippen molar-refractivity contribution in [3.8, 4) is 0 Å². The number of nitro groups is 1. The summed E-state index contributed by atoms with van der Waals surface area (Å²) in [6.07, 6.45) is 0.761. The molecule has 2 atom stereocenters. The molecule has 0 radical (unpaired) electrons. The van der Waals surface area contributed by atoms with Crippen LogP contribution in [0.25, 0.3) is 0 Å². The van der Waals surface area contributed by atoms with E-state index >= 15 is 0 Å². The molecule has 0 heterocycles. The molecular formula is C14H15N3O6. The minimum absolute atomic E-state index is 0.139. The lowest BCUT2D eigenvalue weighted by Crippen LogP contribution is -2.43. The van der Waals surface area contributed by atoms with Gasteiger partial charge in [-0.1, -0.05) is 6.92 Å². The third-order valence-electron chi connectivity index (χ3n) is 3.41. The molecule has 1 fully saturated rings. The molecule has 0 bridgehead atoms. The van der Waals surface area contributed by atoms with Crippen LogP contribution in [-0.2, 0) is 14.3 Å². The van der Waals surface area contributed by atoms with Gasteiger partial charge in [-0.05, 0) is 24.5 Å². The Morgan fingerprint density at radius 3 is 2.39 bits per heavy atom. The first-order chi connectivity index (χ1) is 10.9. The number of carbonyl (C=O) groups excluding carboxylic acids is 3. The summed E-state index contributed by atoms with van der Waals surface area (Å²) in [7, 11) is 0. The standard InChI is InChI=1S/C14H15N3O6/c1-8-6-11(8)14(20)23-7-12(18)15-16-13(19)9-2-4-10(5-3-9)17(21)22/h2-5,8,11H,6-7H2,1H3,(H,15,18)(H,16,19)/t8-,11+/m1/s1. The van der Waals surface area contributed by atoms with Gasteiger partial charge in [0.15, 0.2) is 6.61 Å². The van der Waals surface area contributed by atoms with Crippen LogP contribution in [0.4, 0.5) is 5.69 Å². The highest BCUT2D eigenvalue weighted by atomic mass is 16.6. The van der Waals surface area contributed by atoms with Gasteiger partial charge in [-0.15, -0.1) is 0 Å². The Bertz CT molecular complexity index is 642. The van der Waals surface area contributed by atoms with Gasteiger partial charge in [0, 0.05) is 17.7 Å². The highest BCUT2D eigenvalue weighted by Crippen LogP contribution is 2.38. The third kappa shape index (κ3) is 4.50. The number of rotatable bonds is 5. The van der Waals surface area contributed by atoms with Crippen molar-refractivity contribution in [1.82, 2.24) is 10.9 Å². The molecule has 0 aliphatic heterocycles. The summed E-state index contributed by atoms with van der Waals surface area (Å²) in [5.41, 5.74) is 4.21. The molecule has 0 saturated heterocycles. The summed E-state index contributed by atoms with van der Waals surface area (Å²) in [4.78, 5) is 44.5. The average molecular weight is 321 g/mol. The van der Waals surface area contributed by atoms with Crippen molar-refractivity contribution in [3.05, 3.63) is 39.9 Å². The predicted molar refractivity (Wildman–Crippen MR) is 76.9 cm³/mol. The van der Waals surface area contributed by atoms with Gasteiger partial charge in [0.1, 0.15) is 0 Å². The van der Waals surface area contributed by atoms with Crippen molar-refractivity contribution in [2.75, 3.05) is 6.61 Å². The molecule has 122 valence electrons. The summed E-state index contributed by atoms with van der Waals surface area (Å²) in [5.74, 6) is -1.60. The minimum atomic E-state index is -0.679. The van der Waals surface area contributed by atoms with E-state index in [0.717, 1.165) is 6.42 Å². The number of amides is 2. The maximum absolute atomic E-state index is 11.7. The van der Waals surface area contributed by atoms with Crippen LogP contribution in [-0.4, -0.2) is 29.3 Å². The smallest absolute Gasteiger partial charge is 0.309 e. The van der Waals surface area contributed by atoms with Crippen molar-refractivity contribution >= 4 is 23.5 Å². The minimum Gasteiger partial charge on any atom is -0.455 e. The second kappa shape index (κ2) is 6.86. The van der Waals surface area contributed by atoms with Gasteiger partial charge in [-0.2, -0.15) is 0 Å². The number of carbonyl (C=O) groups is 3. The fraction of sp³-hybridized carbons (Fsp3) is 0.357. The van der Waals surface area contributed by atoms with E-state index in [0.29, 0.717) is 0 Å². The summed E-state index contributed by atoms with van der Waals surface area (Å²) in [6, 6.07) is 4.87. The Morgan fingerprint density at radius 2 is 1.87 bits per heavy atom. The molecular weight excluding hydrogens is 306 g/mol. The Morgan fingerprint density at radius 1 is 1.26 bits per heavy atom. The zero-order chi connectivity index (χ0) is 17.0. The van der Waals surface area contributed by atoms with Gasteiger partial charge >= 0.3 is 5.97 Å². The quantitative estimate of drug-likeness (QED) is 0.463. The largest absolute Gasteiger partial charge is 0.455 e. The predicted octanol–water partition coefficient (Wildman–Crippen LogP) is 0.555. The van der Waals surface area contributed by atoms with Crippen molar-refractivity contribution in [2.24, 2.45) is 11.8 Å². The van der Waals surface area contributed by atoms with Crippen LogP contribution in [0, 0.1) is 22.0 Å². The molecule has 1 saturated carbocycles. The van der Waals surface area contributed by atoms with Crippen LogP contribution >= 0.6 is 0 Å². The number of non-ortho nitro benzene ring substituents is 1. The molecule has 1 aromatic rings. The SMILES string of the molecule is C[C@@H]1C[C@@H]1C(=O)OCC(=O)NNC(=O)c1ccc([N+](=O)[O-])cc1. The number of hydrogen-bond acceptors (Lipinski definition) is 6. The number of nitrogens with zero attached hydrogens (tertiary/aromatic N) is 1. The van der Waals surface area contributed by atoms with E-state index in [1.165, 1.54) is 24.3 Å². The molecule has 9 heteroatoms. The zero-order valence-electron chi connectivity index (χ0n) is 12.3. The van der Waals surface area contributed by atoms with Crippen LogP contribution in [0.5, 0.6) is 0 Å². The van der Waals surface area contributed by atoms with E-state index in [2.05, 4.69) is 10.9 Å². The summed E-state index contributed by atoms with van der Waals surface area (Å²) in [5, 5.41) is 10.5. The van der Waals surface area contributed by atoms with Crippen LogP contribution in [0.3, 0.4) is 0 Å². The number of hydrogen-bond donors (Lipinski definition) is 2. The number of nitro benzene ring substituents is 1. The van der Waals surface area contributed by atoms with Gasteiger partial charge < -0.3 is 4.74 Å². The van der Waals surface area contributed by atoms with Gasteiger partial charge in [0.2, 0.25) is 0 Å². The van der Waals surface area contributed by atoms with Crippen molar-refractivity contribution in [1.29, 1.82) is 0 Å². The van der Waals surface area contributed by atoms with Crippen molar-refractivity contribution in [2.45, 2.75) is 13.3 Å². The Hall–Kier alpha value is -2.97. The Labute approximate surface area is 131 Å². The number of ether oxygens (including phenoxy) is 1. The third-order valence-corrected chi connectivity index (χ3v) is 3.41. The van der Waals surface area contributed by atoms with E-state index < -0.39 is 29.3 Å². The molecule has 9 nitrogen and oxygen atoms in total. The lowest BCUT2D eigenvalue weighted by Gasteiger charge is -2.08. The maximum Gasteiger partial charge on any atom is 0.309 e. The number of nitrogens with one attached hydrogen (secondary N) is 2. The number of hydrazine groups is 1. The molecule has 0 aromatic heterocycles. The Kier molecular flexibility index (Phi) is 4.89. The number of benzene rings is 1. The normalized spacial score (nSPS) is 18.7. The molecule has 1 aromatic carbocycles. The molecule has 0 unspecified atom stereocenters. The van der Waals surface area contributed by atoms with Crippen molar-refractivity contribution < 1.29 is 24.0 Å². The van der Waals surface area contributed by atoms with Crippen LogP contribution in [0.2, 0.25) is 0 Å². The van der Waals surface area contributed by atoms with Crippen LogP contribution in [0.1, 0.15) is 23.7 Å². The first kappa shape index (κ1) is 16.4. The van der Waals surface area contributed by atoms with Crippen molar-refractivity contribution in [3.63, 3.8) is 0 Å². The van der Waals surface area contributed by atoms with E-state index in [1.807, 2.05) is 6.92 Å². The molecule has 1 aliphatic carbocycles. The van der Waals surface area contributed by atoms with Crippen LogP contribution in [0.15, 0.2) is 24.3 Å². The fourth-order valence-corrected chi connectivity index (χ4v) is 1.86. The summed E-state index contributed by atoms with van der Waals surface area (Å²) in [6.45, 7) is 1.43. The molecule has 0 spiro atoms. The second-order valence-electron chi connectivity index (χ2n) is 5.23. The first-order valence-electron chi connectivity index (χ1n) is 6.88. The van der Waals surface area contributed by atoms with Gasteiger partial charge in [0.05, 0.1) is 10.8 Å². The highest BCUT2D eigenvalue weighted by Gasteiger charge is 2.40. The lowest BCUT2D eigenvalue weighted by molar-refractivity contribution is -0.384. The molecule has 2 rings (SSSR count). The monoisotopic (exact) mass is 321 g/mol. The van der Waals surface area contributed by atoms with Gasteiger partial charge in [-0.3, -0.25) is 35.3 Å². The molecule has 1 aliphatic rings.